The number of aryl methyl sites for hydroxylation is 1. The summed E-state index contributed by atoms with van der Waals surface area (Å²) < 4.78 is 0. The van der Waals surface area contributed by atoms with Crippen molar-refractivity contribution >= 4 is 17.3 Å². The molecule has 2 heterocycles. The summed E-state index contributed by atoms with van der Waals surface area (Å²) >= 11 is 0. The number of benzene rings is 1. The van der Waals surface area contributed by atoms with Crippen molar-refractivity contribution < 1.29 is 4.79 Å². The Morgan fingerprint density at radius 2 is 2.10 bits per heavy atom. The Labute approximate surface area is 126 Å². The smallest absolute Gasteiger partial charge is 0.221 e. The second-order valence-corrected chi connectivity index (χ2v) is 6.35. The molecule has 1 aromatic carbocycles. The van der Waals surface area contributed by atoms with Crippen molar-refractivity contribution in [3.8, 4) is 0 Å². The number of nitrogens with zero attached hydrogens (tertiary/aromatic N) is 1. The predicted molar refractivity (Wildman–Crippen MR) is 86.7 cm³/mol. The minimum Gasteiger partial charge on any atom is -0.380 e. The molecule has 2 N–H and O–H groups in total. The van der Waals surface area contributed by atoms with Crippen molar-refractivity contribution in [1.82, 2.24) is 4.90 Å². The lowest BCUT2D eigenvalue weighted by molar-refractivity contribution is -0.114. The van der Waals surface area contributed by atoms with Crippen LogP contribution in [0.3, 0.4) is 0 Å². The molecule has 114 valence electrons. The van der Waals surface area contributed by atoms with Crippen LogP contribution in [0.1, 0.15) is 38.2 Å². The number of hydrogen-bond acceptors (Lipinski definition) is 3. The molecule has 4 heteroatoms. The Morgan fingerprint density at radius 1 is 1.24 bits per heavy atom. The van der Waals surface area contributed by atoms with Gasteiger partial charge in [0, 0.05) is 36.9 Å². The SMILES string of the molecule is CC(=O)Nc1ccc(C)c(NC2CCN3CCCCC23)c1. The second kappa shape index (κ2) is 6.06. The van der Waals surface area contributed by atoms with Crippen molar-refractivity contribution in [1.29, 1.82) is 0 Å². The molecular weight excluding hydrogens is 262 g/mol. The van der Waals surface area contributed by atoms with Gasteiger partial charge in [-0.25, -0.2) is 0 Å². The maximum atomic E-state index is 11.2. The van der Waals surface area contributed by atoms with Crippen LogP contribution in [0, 0.1) is 6.92 Å². The molecular formula is C17H25N3O. The zero-order valence-electron chi connectivity index (χ0n) is 13.0. The van der Waals surface area contributed by atoms with Gasteiger partial charge in [-0.1, -0.05) is 12.5 Å². The average molecular weight is 287 g/mol. The van der Waals surface area contributed by atoms with E-state index in [1.54, 1.807) is 6.92 Å². The lowest BCUT2D eigenvalue weighted by Crippen LogP contribution is -2.41. The minimum atomic E-state index is -0.0240. The van der Waals surface area contributed by atoms with E-state index in [9.17, 15) is 4.79 Å². The average Bonchev–Trinajstić information content (AvgIpc) is 2.85. The topological polar surface area (TPSA) is 44.4 Å². The number of anilines is 2. The summed E-state index contributed by atoms with van der Waals surface area (Å²) in [6.07, 6.45) is 5.22. The fourth-order valence-corrected chi connectivity index (χ4v) is 3.67. The Balaban J connectivity index is 1.73. The fourth-order valence-electron chi connectivity index (χ4n) is 3.67. The highest BCUT2D eigenvalue weighted by molar-refractivity contribution is 5.89. The van der Waals surface area contributed by atoms with Crippen LogP contribution >= 0.6 is 0 Å². The van der Waals surface area contributed by atoms with E-state index < -0.39 is 0 Å². The number of fused-ring (bicyclic) bond motifs is 1. The minimum absolute atomic E-state index is 0.0240. The Hall–Kier alpha value is -1.55. The third-order valence-electron chi connectivity index (χ3n) is 4.75. The van der Waals surface area contributed by atoms with Crippen LogP contribution in [-0.4, -0.2) is 36.0 Å². The molecule has 1 aromatic rings. The molecule has 0 aliphatic carbocycles. The zero-order valence-corrected chi connectivity index (χ0v) is 13.0. The van der Waals surface area contributed by atoms with Gasteiger partial charge in [0.15, 0.2) is 0 Å². The summed E-state index contributed by atoms with van der Waals surface area (Å²) in [6, 6.07) is 7.31. The van der Waals surface area contributed by atoms with E-state index in [0.29, 0.717) is 12.1 Å². The molecule has 0 radical (unpaired) electrons. The lowest BCUT2D eigenvalue weighted by Gasteiger charge is -2.33. The van der Waals surface area contributed by atoms with Gasteiger partial charge in [0.2, 0.25) is 5.91 Å². The predicted octanol–water partition coefficient (Wildman–Crippen LogP) is 2.99. The molecule has 4 nitrogen and oxygen atoms in total. The molecule has 21 heavy (non-hydrogen) atoms. The Morgan fingerprint density at radius 3 is 2.90 bits per heavy atom. The normalized spacial score (nSPS) is 25.4. The molecule has 2 unspecified atom stereocenters. The van der Waals surface area contributed by atoms with E-state index in [2.05, 4.69) is 34.6 Å². The number of piperidine rings is 1. The molecule has 2 atom stereocenters. The van der Waals surface area contributed by atoms with Gasteiger partial charge >= 0.3 is 0 Å². The highest BCUT2D eigenvalue weighted by Crippen LogP contribution is 2.31. The Bertz CT molecular complexity index is 529. The first-order chi connectivity index (χ1) is 10.1. The van der Waals surface area contributed by atoms with Crippen molar-refractivity contribution in [2.45, 2.75) is 51.6 Å². The first kappa shape index (κ1) is 14.4. The van der Waals surface area contributed by atoms with Crippen LogP contribution in [0.25, 0.3) is 0 Å². The monoisotopic (exact) mass is 287 g/mol. The van der Waals surface area contributed by atoms with Crippen molar-refractivity contribution in [2.24, 2.45) is 0 Å². The van der Waals surface area contributed by atoms with Gasteiger partial charge in [-0.05, 0) is 50.4 Å². The van der Waals surface area contributed by atoms with Gasteiger partial charge in [0.05, 0.1) is 0 Å². The number of hydrogen-bond donors (Lipinski definition) is 2. The summed E-state index contributed by atoms with van der Waals surface area (Å²) in [5, 5.41) is 6.59. The standard InChI is InChI=1S/C17H25N3O/c1-12-6-7-14(18-13(2)21)11-16(12)19-15-8-10-20-9-4-3-5-17(15)20/h6-7,11,15,17,19H,3-5,8-10H2,1-2H3,(H,18,21). The lowest BCUT2D eigenvalue weighted by atomic mass is 9.98. The van der Waals surface area contributed by atoms with Gasteiger partial charge in [0.1, 0.15) is 0 Å². The largest absolute Gasteiger partial charge is 0.380 e. The zero-order chi connectivity index (χ0) is 14.8. The van der Waals surface area contributed by atoms with Crippen LogP contribution in [0.5, 0.6) is 0 Å². The highest BCUT2D eigenvalue weighted by atomic mass is 16.1. The maximum Gasteiger partial charge on any atom is 0.221 e. The quantitative estimate of drug-likeness (QED) is 0.898. The second-order valence-electron chi connectivity index (χ2n) is 6.35. The van der Waals surface area contributed by atoms with Crippen LogP contribution in [0.2, 0.25) is 0 Å². The summed E-state index contributed by atoms with van der Waals surface area (Å²) in [6.45, 7) is 6.14. The van der Waals surface area contributed by atoms with E-state index in [1.165, 1.54) is 44.3 Å². The molecule has 0 saturated carbocycles. The number of carbonyl (C=O) groups is 1. The summed E-state index contributed by atoms with van der Waals surface area (Å²) in [4.78, 5) is 13.8. The summed E-state index contributed by atoms with van der Waals surface area (Å²) in [5.74, 6) is -0.0240. The van der Waals surface area contributed by atoms with Crippen molar-refractivity contribution in [3.63, 3.8) is 0 Å². The van der Waals surface area contributed by atoms with E-state index in [0.717, 1.165) is 11.4 Å². The van der Waals surface area contributed by atoms with Crippen molar-refractivity contribution in [2.75, 3.05) is 23.7 Å². The van der Waals surface area contributed by atoms with Crippen LogP contribution < -0.4 is 10.6 Å². The molecule has 0 aromatic heterocycles. The van der Waals surface area contributed by atoms with Gasteiger partial charge < -0.3 is 10.6 Å². The summed E-state index contributed by atoms with van der Waals surface area (Å²) in [7, 11) is 0. The van der Waals surface area contributed by atoms with Gasteiger partial charge in [-0.3, -0.25) is 9.69 Å². The van der Waals surface area contributed by atoms with Gasteiger partial charge in [0.25, 0.3) is 0 Å². The number of rotatable bonds is 3. The molecule has 2 saturated heterocycles. The maximum absolute atomic E-state index is 11.2. The first-order valence-corrected chi connectivity index (χ1v) is 8.02. The first-order valence-electron chi connectivity index (χ1n) is 8.02. The summed E-state index contributed by atoms with van der Waals surface area (Å²) in [5.41, 5.74) is 3.26. The number of nitrogens with one attached hydrogen (secondary N) is 2. The van der Waals surface area contributed by atoms with E-state index in [-0.39, 0.29) is 5.91 Å². The van der Waals surface area contributed by atoms with Gasteiger partial charge in [-0.2, -0.15) is 0 Å². The highest BCUT2D eigenvalue weighted by Gasteiger charge is 2.35. The number of carbonyl (C=O) groups excluding carboxylic acids is 1. The van der Waals surface area contributed by atoms with Crippen LogP contribution in [0.4, 0.5) is 11.4 Å². The van der Waals surface area contributed by atoms with Crippen LogP contribution in [-0.2, 0) is 4.79 Å². The molecule has 3 rings (SSSR count). The molecule has 1 amide bonds. The Kier molecular flexibility index (Phi) is 4.15. The van der Waals surface area contributed by atoms with Gasteiger partial charge in [-0.15, -0.1) is 0 Å². The third-order valence-corrected chi connectivity index (χ3v) is 4.75. The molecule has 0 spiro atoms. The fraction of sp³-hybridized carbons (Fsp3) is 0.588. The van der Waals surface area contributed by atoms with E-state index in [1.807, 2.05) is 6.07 Å². The molecule has 2 fully saturated rings. The molecule has 0 bridgehead atoms. The third kappa shape index (κ3) is 3.21. The molecule has 2 aliphatic heterocycles. The molecule has 2 aliphatic rings. The van der Waals surface area contributed by atoms with Crippen LogP contribution in [0.15, 0.2) is 18.2 Å². The number of amides is 1. The van der Waals surface area contributed by atoms with E-state index >= 15 is 0 Å². The van der Waals surface area contributed by atoms with Crippen molar-refractivity contribution in [3.05, 3.63) is 23.8 Å². The van der Waals surface area contributed by atoms with E-state index in [4.69, 9.17) is 0 Å².